The first-order chi connectivity index (χ1) is 15.4. The molecule has 8 nitrogen and oxygen atoms in total. The molecular formula is C23H26N4O4S. The maximum Gasteiger partial charge on any atom is 0.256 e. The number of hydrogen-bond donors (Lipinski definition) is 1. The van der Waals surface area contributed by atoms with E-state index in [2.05, 4.69) is 10.4 Å². The molecule has 2 heterocycles. The van der Waals surface area contributed by atoms with Gasteiger partial charge in [0.1, 0.15) is 16.5 Å². The molecule has 1 aliphatic rings. The van der Waals surface area contributed by atoms with Gasteiger partial charge < -0.3 is 10.1 Å². The molecule has 4 rings (SSSR count). The molecule has 0 spiro atoms. The molecule has 1 fully saturated rings. The fraction of sp³-hybridized carbons (Fsp3) is 0.304. The molecule has 1 aliphatic heterocycles. The lowest BCUT2D eigenvalue weighted by Gasteiger charge is -2.19. The van der Waals surface area contributed by atoms with Gasteiger partial charge in [0.2, 0.25) is 10.0 Å². The first-order valence-electron chi connectivity index (χ1n) is 10.5. The van der Waals surface area contributed by atoms with Crippen LogP contribution in [0, 0.1) is 0 Å². The van der Waals surface area contributed by atoms with Crippen LogP contribution >= 0.6 is 0 Å². The van der Waals surface area contributed by atoms with E-state index in [-0.39, 0.29) is 22.3 Å². The molecule has 0 aliphatic carbocycles. The number of rotatable bonds is 7. The summed E-state index contributed by atoms with van der Waals surface area (Å²) in [7, 11) is -2.33. The summed E-state index contributed by atoms with van der Waals surface area (Å²) in [5.74, 6) is 0.315. The van der Waals surface area contributed by atoms with E-state index in [1.165, 1.54) is 23.5 Å². The van der Waals surface area contributed by atoms with E-state index in [4.69, 9.17) is 4.74 Å². The molecule has 0 bridgehead atoms. The number of ether oxygens (including phenoxy) is 1. The molecule has 1 atom stereocenters. The number of amides is 1. The number of nitrogens with zero attached hydrogens (tertiary/aromatic N) is 3. The van der Waals surface area contributed by atoms with Crippen molar-refractivity contribution in [3.63, 3.8) is 0 Å². The predicted octanol–water partition coefficient (Wildman–Crippen LogP) is 3.54. The number of carbonyl (C=O) groups is 1. The zero-order valence-corrected chi connectivity index (χ0v) is 18.9. The van der Waals surface area contributed by atoms with Crippen molar-refractivity contribution in [3.8, 4) is 5.75 Å². The zero-order chi connectivity index (χ0) is 22.7. The van der Waals surface area contributed by atoms with E-state index in [1.807, 2.05) is 37.3 Å². The van der Waals surface area contributed by atoms with Crippen LogP contribution in [0.15, 0.2) is 65.7 Å². The smallest absolute Gasteiger partial charge is 0.256 e. The lowest BCUT2D eigenvalue weighted by molar-refractivity contribution is 0.102. The third kappa shape index (κ3) is 4.26. The van der Waals surface area contributed by atoms with E-state index in [0.29, 0.717) is 18.9 Å². The van der Waals surface area contributed by atoms with Crippen molar-refractivity contribution in [2.45, 2.75) is 30.7 Å². The first kappa shape index (κ1) is 22.0. The van der Waals surface area contributed by atoms with Crippen molar-refractivity contribution >= 4 is 21.7 Å². The van der Waals surface area contributed by atoms with Gasteiger partial charge in [0.05, 0.1) is 19.3 Å². The normalized spacial score (nSPS) is 15.4. The average Bonchev–Trinajstić information content (AvgIpc) is 3.51. The highest BCUT2D eigenvalue weighted by molar-refractivity contribution is 7.89. The lowest BCUT2D eigenvalue weighted by Crippen LogP contribution is -2.28. The third-order valence-electron chi connectivity index (χ3n) is 5.67. The van der Waals surface area contributed by atoms with E-state index in [9.17, 15) is 13.2 Å². The monoisotopic (exact) mass is 454 g/mol. The van der Waals surface area contributed by atoms with Crippen molar-refractivity contribution < 1.29 is 17.9 Å². The summed E-state index contributed by atoms with van der Waals surface area (Å²) in [5.41, 5.74) is 1.28. The summed E-state index contributed by atoms with van der Waals surface area (Å²) in [5, 5.41) is 7.21. The highest BCUT2D eigenvalue weighted by Gasteiger charge is 2.30. The Balaban J connectivity index is 1.61. The van der Waals surface area contributed by atoms with Gasteiger partial charge in [0.25, 0.3) is 5.91 Å². The molecule has 0 radical (unpaired) electrons. The predicted molar refractivity (Wildman–Crippen MR) is 121 cm³/mol. The van der Waals surface area contributed by atoms with Crippen LogP contribution in [-0.4, -0.2) is 48.6 Å². The number of anilines is 1. The molecule has 1 saturated heterocycles. The van der Waals surface area contributed by atoms with Crippen molar-refractivity contribution in [1.82, 2.24) is 14.1 Å². The summed E-state index contributed by atoms with van der Waals surface area (Å²) >= 11 is 0. The number of methoxy groups -OCH3 is 1. The van der Waals surface area contributed by atoms with E-state index < -0.39 is 15.9 Å². The van der Waals surface area contributed by atoms with Crippen LogP contribution in [0.3, 0.4) is 0 Å². The molecule has 3 aromatic rings. The molecule has 1 aromatic heterocycles. The van der Waals surface area contributed by atoms with Gasteiger partial charge in [-0.15, -0.1) is 0 Å². The Hall–Kier alpha value is -3.17. The van der Waals surface area contributed by atoms with E-state index >= 15 is 0 Å². The van der Waals surface area contributed by atoms with E-state index in [0.717, 1.165) is 18.4 Å². The van der Waals surface area contributed by atoms with E-state index in [1.54, 1.807) is 23.0 Å². The van der Waals surface area contributed by atoms with Crippen molar-refractivity contribution in [1.29, 1.82) is 0 Å². The minimum absolute atomic E-state index is 0.000659. The van der Waals surface area contributed by atoms with Crippen LogP contribution in [0.5, 0.6) is 5.75 Å². The zero-order valence-electron chi connectivity index (χ0n) is 18.1. The Morgan fingerprint density at radius 1 is 1.09 bits per heavy atom. The number of nitrogens with one attached hydrogen (secondary N) is 1. The van der Waals surface area contributed by atoms with Gasteiger partial charge in [0, 0.05) is 24.7 Å². The summed E-state index contributed by atoms with van der Waals surface area (Å²) in [6, 6.07) is 15.9. The van der Waals surface area contributed by atoms with Crippen LogP contribution in [-0.2, 0) is 10.0 Å². The molecular weight excluding hydrogens is 428 g/mol. The quantitative estimate of drug-likeness (QED) is 0.589. The van der Waals surface area contributed by atoms with Crippen LogP contribution in [0.2, 0.25) is 0 Å². The molecule has 9 heteroatoms. The first-order valence-corrected chi connectivity index (χ1v) is 11.9. The Morgan fingerprint density at radius 2 is 1.81 bits per heavy atom. The minimum Gasteiger partial charge on any atom is -0.495 e. The van der Waals surface area contributed by atoms with Crippen LogP contribution < -0.4 is 10.1 Å². The Labute approximate surface area is 187 Å². The lowest BCUT2D eigenvalue weighted by atomic mass is 10.1. The van der Waals surface area contributed by atoms with Gasteiger partial charge in [0.15, 0.2) is 0 Å². The molecule has 32 heavy (non-hydrogen) atoms. The highest BCUT2D eigenvalue weighted by Crippen LogP contribution is 2.30. The summed E-state index contributed by atoms with van der Waals surface area (Å²) < 4.78 is 34.6. The molecule has 1 N–H and O–H groups in total. The number of benzene rings is 2. The second-order valence-electron chi connectivity index (χ2n) is 7.68. The van der Waals surface area contributed by atoms with Gasteiger partial charge in [-0.3, -0.25) is 4.79 Å². The maximum absolute atomic E-state index is 13.1. The average molecular weight is 455 g/mol. The van der Waals surface area contributed by atoms with Gasteiger partial charge in [-0.1, -0.05) is 30.3 Å². The standard InChI is InChI=1S/C23H26N4O4S/c1-17(18-8-4-3-5-9-18)27-22(12-13-24-27)25-23(28)19-10-11-20(31-2)21(16-19)32(29,30)26-14-6-7-15-26/h3-5,8-13,16-17H,6-7,14-15H2,1-2H3,(H,25,28)/t17-/m1/s1. The second kappa shape index (κ2) is 9.13. The van der Waals surface area contributed by atoms with Crippen molar-refractivity contribution in [3.05, 3.63) is 71.9 Å². The second-order valence-corrected chi connectivity index (χ2v) is 9.58. The van der Waals surface area contributed by atoms with Crippen molar-refractivity contribution in [2.24, 2.45) is 0 Å². The molecule has 0 saturated carbocycles. The van der Waals surface area contributed by atoms with Crippen LogP contribution in [0.4, 0.5) is 5.82 Å². The summed E-state index contributed by atoms with van der Waals surface area (Å²) in [6.07, 6.45) is 3.27. The summed E-state index contributed by atoms with van der Waals surface area (Å²) in [6.45, 7) is 2.93. The van der Waals surface area contributed by atoms with Gasteiger partial charge >= 0.3 is 0 Å². The fourth-order valence-electron chi connectivity index (χ4n) is 3.87. The molecule has 2 aromatic carbocycles. The third-order valence-corrected chi connectivity index (χ3v) is 7.59. The van der Waals surface area contributed by atoms with Gasteiger partial charge in [-0.25, -0.2) is 13.1 Å². The SMILES string of the molecule is COc1ccc(C(=O)Nc2ccnn2[C@H](C)c2ccccc2)cc1S(=O)(=O)N1CCCC1. The molecule has 1 amide bonds. The number of hydrogen-bond acceptors (Lipinski definition) is 5. The topological polar surface area (TPSA) is 93.5 Å². The Morgan fingerprint density at radius 3 is 2.50 bits per heavy atom. The van der Waals surface area contributed by atoms with Crippen LogP contribution in [0.1, 0.15) is 41.7 Å². The van der Waals surface area contributed by atoms with Crippen molar-refractivity contribution in [2.75, 3.05) is 25.5 Å². The van der Waals surface area contributed by atoms with Crippen LogP contribution in [0.25, 0.3) is 0 Å². The number of sulfonamides is 1. The Bertz CT molecular complexity index is 1200. The Kier molecular flexibility index (Phi) is 6.29. The van der Waals surface area contributed by atoms with Gasteiger partial charge in [-0.05, 0) is 43.5 Å². The number of aromatic nitrogens is 2. The molecule has 168 valence electrons. The largest absolute Gasteiger partial charge is 0.495 e. The highest BCUT2D eigenvalue weighted by atomic mass is 32.2. The number of carbonyl (C=O) groups excluding carboxylic acids is 1. The summed E-state index contributed by atoms with van der Waals surface area (Å²) in [4.78, 5) is 13.0. The maximum atomic E-state index is 13.1. The molecule has 0 unspecified atom stereocenters. The van der Waals surface area contributed by atoms with Gasteiger partial charge in [-0.2, -0.15) is 9.40 Å². The fourth-order valence-corrected chi connectivity index (χ4v) is 5.57. The minimum atomic E-state index is -3.75.